The molecule has 1 aliphatic rings. The van der Waals surface area contributed by atoms with E-state index >= 15 is 0 Å². The van der Waals surface area contributed by atoms with Gasteiger partial charge in [0.25, 0.3) is 0 Å². The number of aryl methyl sites for hydroxylation is 1. The summed E-state index contributed by atoms with van der Waals surface area (Å²) in [5, 5.41) is 6.63. The Hall–Kier alpha value is -1.06. The van der Waals surface area contributed by atoms with E-state index in [2.05, 4.69) is 62.6 Å². The fraction of sp³-hybridized carbons (Fsp3) is 0.632. The van der Waals surface area contributed by atoms with Gasteiger partial charge in [0.1, 0.15) is 0 Å². The lowest BCUT2D eigenvalue weighted by atomic mass is 9.82. The summed E-state index contributed by atoms with van der Waals surface area (Å²) >= 11 is 0. The third kappa shape index (κ3) is 6.15. The second-order valence-corrected chi connectivity index (χ2v) is 7.68. The molecule has 0 spiro atoms. The molecule has 23 heavy (non-hydrogen) atoms. The maximum Gasteiger partial charge on any atom is 0.220 e. The van der Waals surface area contributed by atoms with E-state index in [0.29, 0.717) is 12.3 Å². The van der Waals surface area contributed by atoms with Gasteiger partial charge in [-0.1, -0.05) is 50.6 Å². The van der Waals surface area contributed by atoms with Gasteiger partial charge >= 0.3 is 0 Å². The van der Waals surface area contributed by atoms with E-state index in [0.717, 1.165) is 19.5 Å². The minimum atomic E-state index is -0.00162. The van der Waals surface area contributed by atoms with Crippen LogP contribution in [0.2, 0.25) is 0 Å². The molecule has 0 radical (unpaired) electrons. The predicted molar refractivity (Wildman–Crippen MR) is 99.0 cm³/mol. The molecule has 0 saturated carbocycles. The van der Waals surface area contributed by atoms with Crippen LogP contribution in [0.15, 0.2) is 24.3 Å². The minimum Gasteiger partial charge on any atom is -0.349 e. The maximum atomic E-state index is 12.4. The first-order valence-electron chi connectivity index (χ1n) is 8.43. The Labute approximate surface area is 147 Å². The van der Waals surface area contributed by atoms with Gasteiger partial charge < -0.3 is 10.6 Å². The van der Waals surface area contributed by atoms with Crippen molar-refractivity contribution in [2.45, 2.75) is 53.0 Å². The highest BCUT2D eigenvalue weighted by atomic mass is 35.5. The second-order valence-electron chi connectivity index (χ2n) is 7.68. The van der Waals surface area contributed by atoms with E-state index in [4.69, 9.17) is 0 Å². The molecule has 1 aromatic rings. The molecule has 0 aromatic heterocycles. The van der Waals surface area contributed by atoms with Gasteiger partial charge in [0, 0.05) is 6.42 Å². The van der Waals surface area contributed by atoms with Crippen molar-refractivity contribution in [2.24, 2.45) is 11.3 Å². The highest BCUT2D eigenvalue weighted by molar-refractivity contribution is 5.85. The zero-order valence-corrected chi connectivity index (χ0v) is 15.6. The smallest absolute Gasteiger partial charge is 0.220 e. The highest BCUT2D eigenvalue weighted by Crippen LogP contribution is 2.33. The van der Waals surface area contributed by atoms with Crippen LogP contribution in [-0.4, -0.2) is 19.0 Å². The van der Waals surface area contributed by atoms with Gasteiger partial charge in [-0.3, -0.25) is 4.79 Å². The Morgan fingerprint density at radius 3 is 2.70 bits per heavy atom. The summed E-state index contributed by atoms with van der Waals surface area (Å²) in [6, 6.07) is 8.51. The summed E-state index contributed by atoms with van der Waals surface area (Å²) in [6.07, 6.45) is 2.82. The van der Waals surface area contributed by atoms with Crippen molar-refractivity contribution in [1.29, 1.82) is 0 Å². The number of hydrogen-bond donors (Lipinski definition) is 2. The Balaban J connectivity index is 0.00000264. The van der Waals surface area contributed by atoms with Gasteiger partial charge in [-0.2, -0.15) is 0 Å². The van der Waals surface area contributed by atoms with Gasteiger partial charge in [0.2, 0.25) is 5.91 Å². The molecule has 130 valence electrons. The molecule has 1 aromatic carbocycles. The van der Waals surface area contributed by atoms with Crippen LogP contribution in [0, 0.1) is 18.3 Å². The molecular formula is C19H31ClN2O. The van der Waals surface area contributed by atoms with E-state index in [-0.39, 0.29) is 29.8 Å². The van der Waals surface area contributed by atoms with Gasteiger partial charge in [-0.15, -0.1) is 12.4 Å². The van der Waals surface area contributed by atoms with E-state index in [1.54, 1.807) is 0 Å². The summed E-state index contributed by atoms with van der Waals surface area (Å²) < 4.78 is 0. The number of hydrogen-bond acceptors (Lipinski definition) is 2. The van der Waals surface area contributed by atoms with Gasteiger partial charge in [-0.05, 0) is 49.8 Å². The molecule has 2 rings (SSSR count). The van der Waals surface area contributed by atoms with Crippen molar-refractivity contribution >= 4 is 18.3 Å². The predicted octanol–water partition coefficient (Wildman–Crippen LogP) is 4.01. The number of amides is 1. The van der Waals surface area contributed by atoms with E-state index < -0.39 is 0 Å². The van der Waals surface area contributed by atoms with E-state index in [1.165, 1.54) is 17.5 Å². The van der Waals surface area contributed by atoms with Crippen molar-refractivity contribution in [3.8, 4) is 0 Å². The standard InChI is InChI=1S/C19H30N2O.ClH/c1-14-6-5-7-16(12-14)18(19(2,3)4)21-17(22)9-8-15-10-11-20-13-15;/h5-7,12,15,18,20H,8-11,13H2,1-4H3,(H,21,22);1H. The van der Waals surface area contributed by atoms with Gasteiger partial charge in [0.05, 0.1) is 6.04 Å². The Morgan fingerprint density at radius 1 is 1.39 bits per heavy atom. The zero-order chi connectivity index (χ0) is 16.2. The molecular weight excluding hydrogens is 308 g/mol. The van der Waals surface area contributed by atoms with Gasteiger partial charge in [0.15, 0.2) is 0 Å². The fourth-order valence-corrected chi connectivity index (χ4v) is 3.18. The highest BCUT2D eigenvalue weighted by Gasteiger charge is 2.28. The van der Waals surface area contributed by atoms with Crippen LogP contribution in [0.4, 0.5) is 0 Å². The monoisotopic (exact) mass is 338 g/mol. The first-order valence-corrected chi connectivity index (χ1v) is 8.43. The Kier molecular flexibility index (Phi) is 7.56. The normalized spacial score (nSPS) is 19.0. The summed E-state index contributed by atoms with van der Waals surface area (Å²) in [5.41, 5.74) is 2.43. The van der Waals surface area contributed by atoms with E-state index in [9.17, 15) is 4.79 Å². The van der Waals surface area contributed by atoms with Crippen LogP contribution >= 0.6 is 12.4 Å². The average molecular weight is 339 g/mol. The number of halogens is 1. The molecule has 1 fully saturated rings. The van der Waals surface area contributed by atoms with Crippen molar-refractivity contribution < 1.29 is 4.79 Å². The molecule has 1 amide bonds. The second kappa shape index (κ2) is 8.70. The summed E-state index contributed by atoms with van der Waals surface area (Å²) in [7, 11) is 0. The summed E-state index contributed by atoms with van der Waals surface area (Å²) in [6.45, 7) is 10.8. The minimum absolute atomic E-state index is 0. The Bertz CT molecular complexity index is 504. The number of carbonyl (C=O) groups is 1. The lowest BCUT2D eigenvalue weighted by Gasteiger charge is -2.32. The summed E-state index contributed by atoms with van der Waals surface area (Å²) in [5.74, 6) is 0.839. The van der Waals surface area contributed by atoms with Crippen molar-refractivity contribution in [2.75, 3.05) is 13.1 Å². The fourth-order valence-electron chi connectivity index (χ4n) is 3.18. The molecule has 3 nitrogen and oxygen atoms in total. The Morgan fingerprint density at radius 2 is 2.13 bits per heavy atom. The van der Waals surface area contributed by atoms with Crippen LogP contribution in [0.25, 0.3) is 0 Å². The van der Waals surface area contributed by atoms with Crippen LogP contribution in [0.5, 0.6) is 0 Å². The van der Waals surface area contributed by atoms with Crippen LogP contribution in [0.3, 0.4) is 0 Å². The third-order valence-electron chi connectivity index (χ3n) is 4.49. The van der Waals surface area contributed by atoms with E-state index in [1.807, 2.05) is 0 Å². The molecule has 1 aliphatic heterocycles. The lowest BCUT2D eigenvalue weighted by molar-refractivity contribution is -0.122. The first kappa shape index (κ1) is 20.0. The first-order chi connectivity index (χ1) is 10.4. The molecule has 2 N–H and O–H groups in total. The SMILES string of the molecule is Cc1cccc(C(NC(=O)CCC2CCNC2)C(C)(C)C)c1.Cl. The van der Waals surface area contributed by atoms with Crippen molar-refractivity contribution in [3.05, 3.63) is 35.4 Å². The third-order valence-corrected chi connectivity index (χ3v) is 4.49. The lowest BCUT2D eigenvalue weighted by Crippen LogP contribution is -2.36. The van der Waals surface area contributed by atoms with Crippen molar-refractivity contribution in [3.63, 3.8) is 0 Å². The number of rotatable bonds is 5. The molecule has 2 unspecified atom stereocenters. The molecule has 0 bridgehead atoms. The zero-order valence-electron chi connectivity index (χ0n) is 14.8. The molecule has 0 aliphatic carbocycles. The average Bonchev–Trinajstić information content (AvgIpc) is 2.94. The number of nitrogens with one attached hydrogen (secondary N) is 2. The molecule has 4 heteroatoms. The molecule has 1 saturated heterocycles. The van der Waals surface area contributed by atoms with Gasteiger partial charge in [-0.25, -0.2) is 0 Å². The van der Waals surface area contributed by atoms with Crippen LogP contribution in [-0.2, 0) is 4.79 Å². The quantitative estimate of drug-likeness (QED) is 0.851. The molecule has 2 atom stereocenters. The topological polar surface area (TPSA) is 41.1 Å². The molecule has 1 heterocycles. The van der Waals surface area contributed by atoms with Crippen molar-refractivity contribution in [1.82, 2.24) is 10.6 Å². The van der Waals surface area contributed by atoms with Crippen LogP contribution in [0.1, 0.15) is 57.2 Å². The largest absolute Gasteiger partial charge is 0.349 e. The van der Waals surface area contributed by atoms with Crippen LogP contribution < -0.4 is 10.6 Å². The summed E-state index contributed by atoms with van der Waals surface area (Å²) in [4.78, 5) is 12.4. The number of benzene rings is 1. The maximum absolute atomic E-state index is 12.4. The number of carbonyl (C=O) groups excluding carboxylic acids is 1.